The number of nitrogens with zero attached hydrogens (tertiary/aromatic N) is 1. The number of benzene rings is 2. The molecule has 2 aromatic carbocycles. The van der Waals surface area contributed by atoms with E-state index in [2.05, 4.69) is 82.0 Å². The molecule has 1 aromatic heterocycles. The van der Waals surface area contributed by atoms with Crippen LogP contribution in [0.1, 0.15) is 17.5 Å². The molecule has 1 nitrogen and oxygen atoms in total. The smallest absolute Gasteiger partial charge is 0.182 e. The van der Waals surface area contributed by atoms with Gasteiger partial charge in [-0.2, -0.15) is 4.57 Å². The van der Waals surface area contributed by atoms with Crippen LogP contribution < -0.4 is 4.57 Å². The highest BCUT2D eigenvalue weighted by Crippen LogP contribution is 2.25. The van der Waals surface area contributed by atoms with E-state index < -0.39 is 0 Å². The zero-order valence-corrected chi connectivity index (χ0v) is 13.6. The first-order chi connectivity index (χ1) is 9.78. The van der Waals surface area contributed by atoms with Gasteiger partial charge in [-0.25, -0.2) is 0 Å². The second kappa shape index (κ2) is 5.90. The summed E-state index contributed by atoms with van der Waals surface area (Å²) < 4.78 is 4.80. The fourth-order valence-electron chi connectivity index (χ4n) is 2.26. The fraction of sp³-hybridized carbons (Fsp3) is 0.118. The molecule has 1 heterocycles. The number of hydrogen-bond acceptors (Lipinski definition) is 1. The van der Waals surface area contributed by atoms with E-state index in [1.807, 2.05) is 17.4 Å². The number of rotatable bonds is 3. The third kappa shape index (κ3) is 2.69. The average molecular weight is 345 g/mol. The summed E-state index contributed by atoms with van der Waals surface area (Å²) in [7, 11) is 0. The third-order valence-electron chi connectivity index (χ3n) is 3.23. The minimum Gasteiger partial charge on any atom is -0.182 e. The topological polar surface area (TPSA) is 3.88 Å². The quantitative estimate of drug-likeness (QED) is 0.579. The van der Waals surface area contributed by atoms with E-state index in [-0.39, 0.29) is 0 Å². The summed E-state index contributed by atoms with van der Waals surface area (Å²) in [6.07, 6.45) is 4.38. The Balaban J connectivity index is 2.05. The summed E-state index contributed by atoms with van der Waals surface area (Å²) >= 11 is 5.37. The molecule has 0 saturated carbocycles. The Morgan fingerprint density at radius 2 is 1.90 bits per heavy atom. The van der Waals surface area contributed by atoms with E-state index in [1.165, 1.54) is 20.8 Å². The number of aromatic nitrogens is 1. The van der Waals surface area contributed by atoms with Crippen LogP contribution >= 0.6 is 27.3 Å². The second-order valence-electron chi connectivity index (χ2n) is 4.54. The Bertz CT molecular complexity index is 759. The van der Waals surface area contributed by atoms with Gasteiger partial charge in [0, 0.05) is 16.6 Å². The number of fused-ring (bicyclic) bond motifs is 1. The van der Waals surface area contributed by atoms with Crippen molar-refractivity contribution < 1.29 is 4.57 Å². The van der Waals surface area contributed by atoms with Gasteiger partial charge in [-0.1, -0.05) is 57.6 Å². The molecule has 0 fully saturated rings. The van der Waals surface area contributed by atoms with Crippen LogP contribution in [0.2, 0.25) is 0 Å². The lowest BCUT2D eigenvalue weighted by molar-refractivity contribution is -0.665. The second-order valence-corrected chi connectivity index (χ2v) is 6.52. The molecule has 0 N–H and O–H groups in total. The van der Waals surface area contributed by atoms with Crippen molar-refractivity contribution in [2.45, 2.75) is 13.5 Å². The highest BCUT2D eigenvalue weighted by Gasteiger charge is 2.16. The van der Waals surface area contributed by atoms with Gasteiger partial charge < -0.3 is 0 Å². The fourth-order valence-corrected chi connectivity index (χ4v) is 3.94. The lowest BCUT2D eigenvalue weighted by atomic mass is 10.2. The summed E-state index contributed by atoms with van der Waals surface area (Å²) in [5, 5.41) is 1.28. The maximum atomic E-state index is 3.54. The predicted molar refractivity (Wildman–Crippen MR) is 90.8 cm³/mol. The Morgan fingerprint density at radius 1 is 1.10 bits per heavy atom. The van der Waals surface area contributed by atoms with Crippen LogP contribution in [-0.2, 0) is 6.54 Å². The molecule has 0 saturated heterocycles. The molecule has 0 radical (unpaired) electrons. The van der Waals surface area contributed by atoms with E-state index in [0.29, 0.717) is 0 Å². The largest absolute Gasteiger partial charge is 0.262 e. The van der Waals surface area contributed by atoms with Gasteiger partial charge in [0.1, 0.15) is 11.2 Å². The van der Waals surface area contributed by atoms with Crippen molar-refractivity contribution in [3.05, 3.63) is 63.6 Å². The lowest BCUT2D eigenvalue weighted by Gasteiger charge is -1.92. The highest BCUT2D eigenvalue weighted by molar-refractivity contribution is 9.10. The van der Waals surface area contributed by atoms with E-state index in [9.17, 15) is 0 Å². The molecule has 3 rings (SSSR count). The van der Waals surface area contributed by atoms with Crippen molar-refractivity contribution in [3.63, 3.8) is 0 Å². The SMILES string of the molecule is CC[n+]1c(C=Cc2ccccc2)sc2cc(Br)ccc21. The first-order valence-corrected chi connectivity index (χ1v) is 8.24. The molecule has 0 spiro atoms. The van der Waals surface area contributed by atoms with Crippen molar-refractivity contribution in [1.82, 2.24) is 0 Å². The summed E-state index contributed by atoms with van der Waals surface area (Å²) in [5.41, 5.74) is 2.53. The minimum absolute atomic E-state index is 0.982. The lowest BCUT2D eigenvalue weighted by Crippen LogP contribution is -2.33. The molecule has 3 aromatic rings. The Hall–Kier alpha value is -1.45. The maximum absolute atomic E-state index is 3.54. The van der Waals surface area contributed by atoms with E-state index >= 15 is 0 Å². The molecule has 20 heavy (non-hydrogen) atoms. The summed E-state index contributed by atoms with van der Waals surface area (Å²) in [5.74, 6) is 0. The predicted octanol–water partition coefficient (Wildman–Crippen LogP) is 5.14. The Morgan fingerprint density at radius 3 is 2.65 bits per heavy atom. The normalized spacial score (nSPS) is 11.5. The van der Waals surface area contributed by atoms with Crippen LogP contribution in [-0.4, -0.2) is 0 Å². The van der Waals surface area contributed by atoms with Crippen LogP contribution in [0.3, 0.4) is 0 Å². The average Bonchev–Trinajstić information content (AvgIpc) is 2.82. The Kier molecular flexibility index (Phi) is 3.99. The van der Waals surface area contributed by atoms with Crippen molar-refractivity contribution in [3.8, 4) is 0 Å². The van der Waals surface area contributed by atoms with Crippen molar-refractivity contribution in [2.75, 3.05) is 0 Å². The molecular formula is C17H15BrNS+. The van der Waals surface area contributed by atoms with Crippen LogP contribution in [0, 0.1) is 0 Å². The zero-order valence-electron chi connectivity index (χ0n) is 11.2. The van der Waals surface area contributed by atoms with Crippen LogP contribution in [0.15, 0.2) is 53.0 Å². The van der Waals surface area contributed by atoms with Crippen molar-refractivity contribution in [2.24, 2.45) is 0 Å². The van der Waals surface area contributed by atoms with Gasteiger partial charge in [0.15, 0.2) is 0 Å². The van der Waals surface area contributed by atoms with Gasteiger partial charge in [0.25, 0.3) is 5.01 Å². The first-order valence-electron chi connectivity index (χ1n) is 6.63. The maximum Gasteiger partial charge on any atom is 0.262 e. The molecule has 0 aliphatic heterocycles. The summed E-state index contributed by atoms with van der Waals surface area (Å²) in [6.45, 7) is 3.17. The minimum atomic E-state index is 0.982. The molecule has 0 amide bonds. The molecule has 0 bridgehead atoms. The standard InChI is InChI=1S/C17H15BrNS/c1-2-19-15-10-9-14(18)12-16(15)20-17(19)11-8-13-6-4-3-5-7-13/h3-12H,2H2,1H3/q+1. The summed E-state index contributed by atoms with van der Waals surface area (Å²) in [6, 6.07) is 16.9. The van der Waals surface area contributed by atoms with Crippen LogP contribution in [0.4, 0.5) is 0 Å². The van der Waals surface area contributed by atoms with E-state index in [4.69, 9.17) is 0 Å². The molecule has 0 atom stereocenters. The zero-order chi connectivity index (χ0) is 13.9. The number of hydrogen-bond donors (Lipinski definition) is 0. The third-order valence-corrected chi connectivity index (χ3v) is 4.83. The van der Waals surface area contributed by atoms with Gasteiger partial charge in [-0.15, -0.1) is 0 Å². The van der Waals surface area contributed by atoms with Gasteiger partial charge in [-0.3, -0.25) is 0 Å². The van der Waals surface area contributed by atoms with Crippen LogP contribution in [0.25, 0.3) is 22.4 Å². The Labute approximate surface area is 131 Å². The molecule has 100 valence electrons. The molecule has 0 aliphatic rings. The van der Waals surface area contributed by atoms with Crippen LogP contribution in [0.5, 0.6) is 0 Å². The van der Waals surface area contributed by atoms with Crippen molar-refractivity contribution >= 4 is 49.6 Å². The monoisotopic (exact) mass is 344 g/mol. The number of halogens is 1. The van der Waals surface area contributed by atoms with Gasteiger partial charge >= 0.3 is 0 Å². The molecule has 0 aliphatic carbocycles. The highest BCUT2D eigenvalue weighted by atomic mass is 79.9. The van der Waals surface area contributed by atoms with Crippen molar-refractivity contribution in [1.29, 1.82) is 0 Å². The van der Waals surface area contributed by atoms with Gasteiger partial charge in [0.2, 0.25) is 5.52 Å². The first kappa shape index (κ1) is 13.5. The number of aryl methyl sites for hydroxylation is 1. The molecular weight excluding hydrogens is 330 g/mol. The van der Waals surface area contributed by atoms with Gasteiger partial charge in [0.05, 0.1) is 0 Å². The summed E-state index contributed by atoms with van der Waals surface area (Å²) in [4.78, 5) is 0. The van der Waals surface area contributed by atoms with Gasteiger partial charge in [-0.05, 0) is 30.7 Å². The molecule has 3 heteroatoms. The molecule has 0 unspecified atom stereocenters. The van der Waals surface area contributed by atoms with E-state index in [1.54, 1.807) is 0 Å². The number of thiazole rings is 1. The van der Waals surface area contributed by atoms with E-state index in [0.717, 1.165) is 11.0 Å².